The van der Waals surface area contributed by atoms with Crippen LogP contribution in [0.2, 0.25) is 0 Å². The van der Waals surface area contributed by atoms with Crippen LogP contribution < -0.4 is 0 Å². The van der Waals surface area contributed by atoms with Crippen molar-refractivity contribution in [3.63, 3.8) is 0 Å². The highest BCUT2D eigenvalue weighted by Crippen LogP contribution is 2.40. The van der Waals surface area contributed by atoms with Gasteiger partial charge in [-0.3, -0.25) is 8.97 Å². The van der Waals surface area contributed by atoms with Crippen molar-refractivity contribution in [2.24, 2.45) is 0 Å². The minimum Gasteiger partial charge on any atom is -0.294 e. The van der Waals surface area contributed by atoms with Gasteiger partial charge in [-0.15, -0.1) is 0 Å². The predicted molar refractivity (Wildman–Crippen MR) is 191 cm³/mol. The fourth-order valence-electron chi connectivity index (χ4n) is 7.20. The van der Waals surface area contributed by atoms with E-state index >= 15 is 0 Å². The summed E-state index contributed by atoms with van der Waals surface area (Å²) in [4.78, 5) is 10.5. The average Bonchev–Trinajstić information content (AvgIpc) is 3.68. The molecule has 4 heteroatoms. The van der Waals surface area contributed by atoms with Crippen LogP contribution in [0.5, 0.6) is 0 Å². The van der Waals surface area contributed by atoms with Crippen molar-refractivity contribution in [3.8, 4) is 28.2 Å². The molecule has 0 aliphatic rings. The van der Waals surface area contributed by atoms with Crippen LogP contribution in [0, 0.1) is 0 Å². The monoisotopic (exact) mass is 586 g/mol. The first kappa shape index (κ1) is 25.1. The van der Waals surface area contributed by atoms with Gasteiger partial charge in [0.2, 0.25) is 0 Å². The maximum absolute atomic E-state index is 5.34. The number of hydrogen-bond acceptors (Lipinski definition) is 2. The minimum absolute atomic E-state index is 0.891. The zero-order valence-electron chi connectivity index (χ0n) is 24.8. The highest BCUT2D eigenvalue weighted by Gasteiger charge is 2.20. The lowest BCUT2D eigenvalue weighted by molar-refractivity contribution is 1.09. The lowest BCUT2D eigenvalue weighted by atomic mass is 10.0. The van der Waals surface area contributed by atoms with Crippen LogP contribution in [0.4, 0.5) is 0 Å². The molecule has 0 aliphatic heterocycles. The van der Waals surface area contributed by atoms with Crippen LogP contribution in [0.25, 0.3) is 88.4 Å². The number of nitrogens with zero attached hydrogens (tertiary/aromatic N) is 4. The first-order valence-electron chi connectivity index (χ1n) is 15.6. The molecule has 0 N–H and O–H groups in total. The van der Waals surface area contributed by atoms with Crippen molar-refractivity contribution in [2.45, 2.75) is 0 Å². The molecule has 46 heavy (non-hydrogen) atoms. The van der Waals surface area contributed by atoms with Gasteiger partial charge in [-0.2, -0.15) is 0 Å². The molecule has 0 saturated heterocycles. The van der Waals surface area contributed by atoms with Gasteiger partial charge in [0.05, 0.1) is 33.3 Å². The Hall–Kier alpha value is -6.26. The SMILES string of the molecule is c1ccc(-c2cc(-c3ccccc3)nc(-n3c4ccccc4c4cc5c(cc43)c3ccccc3n3c4ccccc4nc53)c2)cc1. The summed E-state index contributed by atoms with van der Waals surface area (Å²) in [6.45, 7) is 0. The smallest absolute Gasteiger partial charge is 0.146 e. The van der Waals surface area contributed by atoms with E-state index in [1.807, 2.05) is 6.07 Å². The second-order valence-corrected chi connectivity index (χ2v) is 11.9. The molecule has 6 aromatic carbocycles. The first-order chi connectivity index (χ1) is 22.8. The van der Waals surface area contributed by atoms with Gasteiger partial charge in [-0.1, -0.05) is 109 Å². The highest BCUT2D eigenvalue weighted by molar-refractivity contribution is 6.21. The third-order valence-corrected chi connectivity index (χ3v) is 9.27. The maximum atomic E-state index is 5.34. The fourth-order valence-corrected chi connectivity index (χ4v) is 7.20. The first-order valence-corrected chi connectivity index (χ1v) is 15.6. The van der Waals surface area contributed by atoms with Crippen molar-refractivity contribution in [2.75, 3.05) is 0 Å². The predicted octanol–water partition coefficient (Wildman–Crippen LogP) is 10.6. The van der Waals surface area contributed by atoms with E-state index in [0.717, 1.165) is 66.8 Å². The molecule has 4 aromatic heterocycles. The molecule has 0 bridgehead atoms. The van der Waals surface area contributed by atoms with E-state index in [4.69, 9.17) is 9.97 Å². The molecule has 10 aromatic rings. The van der Waals surface area contributed by atoms with Gasteiger partial charge in [0.25, 0.3) is 0 Å². The molecule has 214 valence electrons. The Morgan fingerprint density at radius 3 is 1.78 bits per heavy atom. The molecule has 0 radical (unpaired) electrons. The van der Waals surface area contributed by atoms with E-state index in [-0.39, 0.29) is 0 Å². The Morgan fingerprint density at radius 2 is 1.00 bits per heavy atom. The third-order valence-electron chi connectivity index (χ3n) is 9.27. The molecular weight excluding hydrogens is 560 g/mol. The summed E-state index contributed by atoms with van der Waals surface area (Å²) >= 11 is 0. The highest BCUT2D eigenvalue weighted by atomic mass is 15.1. The molecule has 10 rings (SSSR count). The van der Waals surface area contributed by atoms with Crippen LogP contribution in [0.15, 0.2) is 158 Å². The van der Waals surface area contributed by atoms with Gasteiger partial charge in [0.1, 0.15) is 11.5 Å². The van der Waals surface area contributed by atoms with Crippen molar-refractivity contribution in [3.05, 3.63) is 158 Å². The Kier molecular flexibility index (Phi) is 5.25. The lowest BCUT2D eigenvalue weighted by Crippen LogP contribution is -2.00. The van der Waals surface area contributed by atoms with Crippen molar-refractivity contribution >= 4 is 60.2 Å². The van der Waals surface area contributed by atoms with Crippen LogP contribution in [0.1, 0.15) is 0 Å². The van der Waals surface area contributed by atoms with Crippen molar-refractivity contribution in [1.82, 2.24) is 18.9 Å². The maximum Gasteiger partial charge on any atom is 0.146 e. The Bertz CT molecular complexity index is 2730. The molecule has 0 fully saturated rings. The molecule has 0 unspecified atom stereocenters. The van der Waals surface area contributed by atoms with E-state index in [2.05, 4.69) is 161 Å². The summed E-state index contributed by atoms with van der Waals surface area (Å²) in [5.74, 6) is 0.891. The fraction of sp³-hybridized carbons (Fsp3) is 0. The quantitative estimate of drug-likeness (QED) is 0.193. The van der Waals surface area contributed by atoms with E-state index in [9.17, 15) is 0 Å². The van der Waals surface area contributed by atoms with Crippen LogP contribution in [-0.4, -0.2) is 18.9 Å². The number of fused-ring (bicyclic) bond motifs is 11. The summed E-state index contributed by atoms with van der Waals surface area (Å²) in [6, 6.07) is 55.9. The van der Waals surface area contributed by atoms with Gasteiger partial charge in [-0.05, 0) is 65.0 Å². The van der Waals surface area contributed by atoms with E-state index in [1.165, 1.54) is 21.5 Å². The summed E-state index contributed by atoms with van der Waals surface area (Å²) < 4.78 is 4.65. The zero-order chi connectivity index (χ0) is 30.2. The van der Waals surface area contributed by atoms with Gasteiger partial charge in [-0.25, -0.2) is 9.97 Å². The van der Waals surface area contributed by atoms with Crippen LogP contribution in [-0.2, 0) is 0 Å². The molecule has 0 amide bonds. The lowest BCUT2D eigenvalue weighted by Gasteiger charge is -2.14. The Labute approximate surface area is 264 Å². The van der Waals surface area contributed by atoms with Gasteiger partial charge in [0.15, 0.2) is 0 Å². The summed E-state index contributed by atoms with van der Waals surface area (Å²) in [5.41, 5.74) is 10.8. The van der Waals surface area contributed by atoms with E-state index in [0.29, 0.717) is 0 Å². The molecule has 4 heterocycles. The number of rotatable bonds is 3. The molecule has 0 saturated carbocycles. The Balaban J connectivity index is 1.36. The van der Waals surface area contributed by atoms with E-state index in [1.54, 1.807) is 0 Å². The minimum atomic E-state index is 0.891. The number of pyridine rings is 2. The van der Waals surface area contributed by atoms with Gasteiger partial charge in [0, 0.05) is 27.1 Å². The largest absolute Gasteiger partial charge is 0.294 e. The number of imidazole rings is 1. The van der Waals surface area contributed by atoms with Crippen LogP contribution in [0.3, 0.4) is 0 Å². The normalized spacial score (nSPS) is 11.9. The standard InChI is InChI=1S/C42H26N4/c1-3-13-27(14-4-1)29-23-36(28-15-5-2-6-16-28)43-41(24-29)45-37-20-10-8-18-31(37)33-25-34-32(26-40(33)45)30-17-7-11-21-38(30)46-39-22-12-9-19-35(39)44-42(34)46/h1-26H. The summed E-state index contributed by atoms with van der Waals surface area (Å²) in [7, 11) is 0. The number of hydrogen-bond donors (Lipinski definition) is 0. The topological polar surface area (TPSA) is 35.1 Å². The van der Waals surface area contributed by atoms with Gasteiger partial charge < -0.3 is 0 Å². The summed E-state index contributed by atoms with van der Waals surface area (Å²) in [6.07, 6.45) is 0. The molecule has 0 spiro atoms. The summed E-state index contributed by atoms with van der Waals surface area (Å²) in [5, 5.41) is 5.89. The van der Waals surface area contributed by atoms with Crippen molar-refractivity contribution < 1.29 is 0 Å². The second-order valence-electron chi connectivity index (χ2n) is 11.9. The average molecular weight is 587 g/mol. The molecule has 0 atom stereocenters. The van der Waals surface area contributed by atoms with E-state index < -0.39 is 0 Å². The molecule has 4 nitrogen and oxygen atoms in total. The Morgan fingerprint density at radius 1 is 0.370 bits per heavy atom. The number of benzene rings is 6. The number of para-hydroxylation sites is 4. The third kappa shape index (κ3) is 3.61. The zero-order valence-corrected chi connectivity index (χ0v) is 24.8. The number of aromatic nitrogens is 4. The van der Waals surface area contributed by atoms with Crippen LogP contribution >= 0.6 is 0 Å². The molecular formula is C42H26N4. The molecule has 0 aliphatic carbocycles. The van der Waals surface area contributed by atoms with Gasteiger partial charge >= 0.3 is 0 Å². The van der Waals surface area contributed by atoms with Crippen molar-refractivity contribution in [1.29, 1.82) is 0 Å². The second kappa shape index (κ2) is 9.62.